The monoisotopic (exact) mass is 290 g/mol. The summed E-state index contributed by atoms with van der Waals surface area (Å²) in [4.78, 5) is 14.2. The molecule has 1 aromatic carbocycles. The highest BCUT2D eigenvalue weighted by molar-refractivity contribution is 5.76. The van der Waals surface area contributed by atoms with Crippen LogP contribution in [0.15, 0.2) is 18.2 Å². The molecule has 21 heavy (non-hydrogen) atoms. The van der Waals surface area contributed by atoms with Crippen molar-refractivity contribution < 1.29 is 9.53 Å². The fourth-order valence-corrected chi connectivity index (χ4v) is 2.71. The predicted molar refractivity (Wildman–Crippen MR) is 84.7 cm³/mol. The Balaban J connectivity index is 1.80. The van der Waals surface area contributed by atoms with Gasteiger partial charge in [-0.25, -0.2) is 0 Å². The van der Waals surface area contributed by atoms with Crippen LogP contribution < -0.4 is 10.1 Å². The lowest BCUT2D eigenvalue weighted by Crippen LogP contribution is -2.47. The van der Waals surface area contributed by atoms with Crippen molar-refractivity contribution >= 4 is 5.91 Å². The van der Waals surface area contributed by atoms with Gasteiger partial charge in [0.05, 0.1) is 13.0 Å². The van der Waals surface area contributed by atoms with Gasteiger partial charge in [-0.2, -0.15) is 0 Å². The summed E-state index contributed by atoms with van der Waals surface area (Å²) in [5.41, 5.74) is 2.29. The van der Waals surface area contributed by atoms with E-state index in [1.54, 1.807) is 0 Å². The van der Waals surface area contributed by atoms with E-state index in [2.05, 4.69) is 17.4 Å². The molecule has 1 atom stereocenters. The van der Waals surface area contributed by atoms with E-state index in [0.29, 0.717) is 19.1 Å². The molecule has 1 saturated heterocycles. The topological polar surface area (TPSA) is 41.6 Å². The van der Waals surface area contributed by atoms with E-state index < -0.39 is 0 Å². The quantitative estimate of drug-likeness (QED) is 0.904. The van der Waals surface area contributed by atoms with Crippen LogP contribution in [0.2, 0.25) is 0 Å². The van der Waals surface area contributed by atoms with Gasteiger partial charge in [0.25, 0.3) is 0 Å². The number of benzene rings is 1. The number of likely N-dealkylation sites (N-methyl/N-ethyl adjacent to an activating group) is 1. The fourth-order valence-electron chi connectivity index (χ4n) is 2.71. The molecule has 1 aliphatic heterocycles. The molecule has 0 aliphatic carbocycles. The third-order valence-electron chi connectivity index (χ3n) is 4.10. The van der Waals surface area contributed by atoms with Crippen LogP contribution in [0.5, 0.6) is 5.75 Å². The molecule has 1 N–H and O–H groups in total. The fraction of sp³-hybridized carbons (Fsp3) is 0.588. The van der Waals surface area contributed by atoms with E-state index in [4.69, 9.17) is 4.74 Å². The molecule has 1 amide bonds. The number of aryl methyl sites for hydroxylation is 2. The van der Waals surface area contributed by atoms with Crippen molar-refractivity contribution in [3.8, 4) is 5.75 Å². The summed E-state index contributed by atoms with van der Waals surface area (Å²) >= 11 is 0. The van der Waals surface area contributed by atoms with Gasteiger partial charge in [-0.05, 0) is 50.9 Å². The maximum absolute atomic E-state index is 12.2. The molecule has 0 spiro atoms. The number of amides is 1. The molecule has 4 heteroatoms. The van der Waals surface area contributed by atoms with Gasteiger partial charge in [0, 0.05) is 19.1 Å². The van der Waals surface area contributed by atoms with Gasteiger partial charge in [0.15, 0.2) is 0 Å². The Morgan fingerprint density at radius 3 is 3.00 bits per heavy atom. The highest BCUT2D eigenvalue weighted by Crippen LogP contribution is 2.19. The van der Waals surface area contributed by atoms with Gasteiger partial charge in [-0.3, -0.25) is 4.79 Å². The Morgan fingerprint density at radius 2 is 2.24 bits per heavy atom. The second kappa shape index (κ2) is 7.46. The highest BCUT2D eigenvalue weighted by Gasteiger charge is 2.22. The molecular weight excluding hydrogens is 264 g/mol. The summed E-state index contributed by atoms with van der Waals surface area (Å²) in [6.45, 7) is 6.21. The molecule has 2 rings (SSSR count). The first-order chi connectivity index (χ1) is 10.1. The minimum Gasteiger partial charge on any atom is -0.493 e. The zero-order chi connectivity index (χ0) is 15.2. The summed E-state index contributed by atoms with van der Waals surface area (Å²) in [7, 11) is 1.96. The first-order valence-corrected chi connectivity index (χ1v) is 7.75. The number of carbonyl (C=O) groups is 1. The zero-order valence-electron chi connectivity index (χ0n) is 13.3. The van der Waals surface area contributed by atoms with Crippen LogP contribution in [-0.2, 0) is 4.79 Å². The SMILES string of the molecule is CNC1CCCN(C(=O)CCOc2cc(C)ccc2C)C1. The van der Waals surface area contributed by atoms with E-state index in [-0.39, 0.29) is 5.91 Å². The van der Waals surface area contributed by atoms with Crippen molar-refractivity contribution in [2.75, 3.05) is 26.7 Å². The average molecular weight is 290 g/mol. The van der Waals surface area contributed by atoms with Crippen LogP contribution in [0.1, 0.15) is 30.4 Å². The Hall–Kier alpha value is -1.55. The van der Waals surface area contributed by atoms with E-state index in [0.717, 1.165) is 37.2 Å². The largest absolute Gasteiger partial charge is 0.493 e. The van der Waals surface area contributed by atoms with Crippen molar-refractivity contribution in [2.24, 2.45) is 0 Å². The smallest absolute Gasteiger partial charge is 0.226 e. The third-order valence-corrected chi connectivity index (χ3v) is 4.10. The first-order valence-electron chi connectivity index (χ1n) is 7.75. The number of likely N-dealkylation sites (tertiary alicyclic amines) is 1. The van der Waals surface area contributed by atoms with Gasteiger partial charge < -0.3 is 15.0 Å². The molecule has 0 aromatic heterocycles. The minimum absolute atomic E-state index is 0.195. The van der Waals surface area contributed by atoms with Crippen molar-refractivity contribution in [1.29, 1.82) is 0 Å². The van der Waals surface area contributed by atoms with E-state index in [9.17, 15) is 4.79 Å². The van der Waals surface area contributed by atoms with E-state index >= 15 is 0 Å². The van der Waals surface area contributed by atoms with Gasteiger partial charge in [0.1, 0.15) is 5.75 Å². The maximum atomic E-state index is 12.2. The van der Waals surface area contributed by atoms with Crippen LogP contribution in [0.3, 0.4) is 0 Å². The lowest BCUT2D eigenvalue weighted by molar-refractivity contribution is -0.133. The average Bonchev–Trinajstić information content (AvgIpc) is 2.50. The normalized spacial score (nSPS) is 18.6. The van der Waals surface area contributed by atoms with Crippen LogP contribution >= 0.6 is 0 Å². The molecule has 1 unspecified atom stereocenters. The maximum Gasteiger partial charge on any atom is 0.226 e. The van der Waals surface area contributed by atoms with E-state index in [1.165, 1.54) is 5.56 Å². The molecule has 0 radical (unpaired) electrons. The zero-order valence-corrected chi connectivity index (χ0v) is 13.3. The second-order valence-electron chi connectivity index (χ2n) is 5.83. The predicted octanol–water partition coefficient (Wildman–Crippen LogP) is 2.28. The molecule has 1 fully saturated rings. The Labute approximate surface area is 127 Å². The minimum atomic E-state index is 0.195. The lowest BCUT2D eigenvalue weighted by Gasteiger charge is -2.32. The summed E-state index contributed by atoms with van der Waals surface area (Å²) in [6.07, 6.45) is 2.68. The second-order valence-corrected chi connectivity index (χ2v) is 5.83. The number of nitrogens with one attached hydrogen (secondary N) is 1. The molecular formula is C17H26N2O2. The van der Waals surface area contributed by atoms with Gasteiger partial charge in [0.2, 0.25) is 5.91 Å². The number of ether oxygens (including phenoxy) is 1. The molecule has 4 nitrogen and oxygen atoms in total. The van der Waals surface area contributed by atoms with Crippen molar-refractivity contribution in [1.82, 2.24) is 10.2 Å². The highest BCUT2D eigenvalue weighted by atomic mass is 16.5. The van der Waals surface area contributed by atoms with Crippen LogP contribution in [0.4, 0.5) is 0 Å². The van der Waals surface area contributed by atoms with Crippen molar-refractivity contribution in [3.05, 3.63) is 29.3 Å². The molecule has 1 aromatic rings. The summed E-state index contributed by atoms with van der Waals surface area (Å²) < 4.78 is 5.77. The lowest BCUT2D eigenvalue weighted by atomic mass is 10.1. The number of piperidine rings is 1. The number of nitrogens with zero attached hydrogens (tertiary/aromatic N) is 1. The van der Waals surface area contributed by atoms with Crippen LogP contribution in [0.25, 0.3) is 0 Å². The Morgan fingerprint density at radius 1 is 1.43 bits per heavy atom. The summed E-state index contributed by atoms with van der Waals surface area (Å²) in [5, 5.41) is 3.26. The number of hydrogen-bond donors (Lipinski definition) is 1. The standard InChI is InChI=1S/C17H26N2O2/c1-13-6-7-14(2)16(11-13)21-10-8-17(20)19-9-4-5-15(12-19)18-3/h6-7,11,15,18H,4-5,8-10,12H2,1-3H3. The van der Waals surface area contributed by atoms with Gasteiger partial charge in [-0.1, -0.05) is 12.1 Å². The van der Waals surface area contributed by atoms with Gasteiger partial charge in [-0.15, -0.1) is 0 Å². The molecule has 116 valence electrons. The number of hydrogen-bond acceptors (Lipinski definition) is 3. The molecule has 0 bridgehead atoms. The first kappa shape index (κ1) is 15.8. The Kier molecular flexibility index (Phi) is 5.62. The van der Waals surface area contributed by atoms with Crippen LogP contribution in [0, 0.1) is 13.8 Å². The molecule has 0 saturated carbocycles. The molecule has 1 aliphatic rings. The van der Waals surface area contributed by atoms with Crippen molar-refractivity contribution in [2.45, 2.75) is 39.2 Å². The molecule has 1 heterocycles. The van der Waals surface area contributed by atoms with E-state index in [1.807, 2.05) is 31.9 Å². The number of rotatable bonds is 5. The Bertz CT molecular complexity index is 488. The van der Waals surface area contributed by atoms with Crippen molar-refractivity contribution in [3.63, 3.8) is 0 Å². The van der Waals surface area contributed by atoms with Crippen LogP contribution in [-0.4, -0.2) is 43.6 Å². The van der Waals surface area contributed by atoms with Gasteiger partial charge >= 0.3 is 0 Å². The third kappa shape index (κ3) is 4.46. The summed E-state index contributed by atoms with van der Waals surface area (Å²) in [6, 6.07) is 6.58. The number of carbonyl (C=O) groups excluding carboxylic acids is 1. The summed E-state index contributed by atoms with van der Waals surface area (Å²) in [5.74, 6) is 1.08.